The third-order valence-electron chi connectivity index (χ3n) is 6.92. The average molecular weight is 604 g/mol. The monoisotopic (exact) mass is 603 g/mol. The molecule has 2 N–H and O–H groups in total. The van der Waals surface area contributed by atoms with Crippen LogP contribution in [0, 0.1) is 0 Å². The van der Waals surface area contributed by atoms with Crippen molar-refractivity contribution in [1.29, 1.82) is 0 Å². The van der Waals surface area contributed by atoms with Crippen LogP contribution in [-0.4, -0.2) is 44.4 Å². The molecule has 0 aliphatic heterocycles. The second-order valence-corrected chi connectivity index (χ2v) is 12.4. The number of aryl methyl sites for hydroxylation is 1. The second kappa shape index (κ2) is 13.8. The van der Waals surface area contributed by atoms with Gasteiger partial charge in [0.1, 0.15) is 5.00 Å². The fourth-order valence-electron chi connectivity index (χ4n) is 4.82. The van der Waals surface area contributed by atoms with Crippen LogP contribution >= 0.6 is 23.1 Å². The van der Waals surface area contributed by atoms with Crippen molar-refractivity contribution in [3.63, 3.8) is 0 Å². The Hall–Kier alpha value is -3.96. The van der Waals surface area contributed by atoms with E-state index in [4.69, 9.17) is 4.74 Å². The Kier molecular flexibility index (Phi) is 9.70. The van der Waals surface area contributed by atoms with Crippen molar-refractivity contribution in [2.75, 3.05) is 11.9 Å². The van der Waals surface area contributed by atoms with E-state index in [0.717, 1.165) is 40.8 Å². The third kappa shape index (κ3) is 7.08. The molecule has 0 saturated carbocycles. The Balaban J connectivity index is 1.30. The molecule has 0 spiro atoms. The van der Waals surface area contributed by atoms with Gasteiger partial charge in [0.05, 0.1) is 36.9 Å². The van der Waals surface area contributed by atoms with Crippen LogP contribution in [0.3, 0.4) is 0 Å². The van der Waals surface area contributed by atoms with Crippen molar-refractivity contribution in [2.45, 2.75) is 63.0 Å². The highest BCUT2D eigenvalue weighted by Gasteiger charge is 2.30. The van der Waals surface area contributed by atoms with E-state index in [2.05, 4.69) is 20.8 Å². The van der Waals surface area contributed by atoms with Crippen molar-refractivity contribution in [1.82, 2.24) is 20.1 Å². The molecule has 2 aromatic carbocycles. The molecule has 4 aromatic rings. The topological polar surface area (TPSA) is 115 Å². The molecular weight excluding hydrogens is 571 g/mol. The maximum absolute atomic E-state index is 13.3. The molecule has 0 saturated heterocycles. The maximum atomic E-state index is 13.3. The summed E-state index contributed by atoms with van der Waals surface area (Å²) in [4.78, 5) is 39.8. The molecule has 1 aliphatic rings. The number of fused-ring (bicyclic) bond motifs is 1. The summed E-state index contributed by atoms with van der Waals surface area (Å²) >= 11 is 2.74. The Morgan fingerprint density at radius 3 is 2.45 bits per heavy atom. The molecular formula is C31H33N5O4S2. The number of carbonyl (C=O) groups is 3. The van der Waals surface area contributed by atoms with Gasteiger partial charge in [0.15, 0.2) is 11.0 Å². The Bertz CT molecular complexity index is 1550. The number of nitrogens with zero attached hydrogens (tertiary/aromatic N) is 3. The molecule has 11 heteroatoms. The maximum Gasteiger partial charge on any atom is 0.341 e. The van der Waals surface area contributed by atoms with Gasteiger partial charge in [-0.15, -0.1) is 21.5 Å². The molecule has 0 radical (unpaired) electrons. The van der Waals surface area contributed by atoms with Gasteiger partial charge in [0, 0.05) is 4.88 Å². The van der Waals surface area contributed by atoms with Gasteiger partial charge in [-0.25, -0.2) is 4.79 Å². The van der Waals surface area contributed by atoms with Gasteiger partial charge in [-0.1, -0.05) is 72.4 Å². The summed E-state index contributed by atoms with van der Waals surface area (Å²) < 4.78 is 7.22. The minimum atomic E-state index is -0.531. The number of amides is 2. The highest BCUT2D eigenvalue weighted by molar-refractivity contribution is 8.00. The first-order valence-corrected chi connectivity index (χ1v) is 15.7. The van der Waals surface area contributed by atoms with Crippen LogP contribution in [0.15, 0.2) is 65.8 Å². The number of thiophene rings is 1. The van der Waals surface area contributed by atoms with Crippen molar-refractivity contribution in [3.05, 3.63) is 93.6 Å². The minimum absolute atomic E-state index is 0.113. The molecule has 9 nitrogen and oxygen atoms in total. The first kappa shape index (κ1) is 29.5. The smallest absolute Gasteiger partial charge is 0.341 e. The van der Waals surface area contributed by atoms with E-state index in [1.54, 1.807) is 13.8 Å². The molecule has 0 bridgehead atoms. The Morgan fingerprint density at radius 2 is 1.74 bits per heavy atom. The van der Waals surface area contributed by atoms with Crippen LogP contribution in [0.2, 0.25) is 0 Å². The first-order valence-electron chi connectivity index (χ1n) is 14.0. The summed E-state index contributed by atoms with van der Waals surface area (Å²) in [6.45, 7) is 4.54. The van der Waals surface area contributed by atoms with Crippen LogP contribution in [0.25, 0.3) is 0 Å². The quantitative estimate of drug-likeness (QED) is 0.172. The molecule has 1 aliphatic carbocycles. The molecule has 5 rings (SSSR count). The summed E-state index contributed by atoms with van der Waals surface area (Å²) in [5.41, 5.74) is 3.45. The van der Waals surface area contributed by atoms with E-state index in [0.29, 0.717) is 28.1 Å². The van der Waals surface area contributed by atoms with Crippen LogP contribution in [-0.2, 0) is 46.7 Å². The van der Waals surface area contributed by atoms with E-state index in [1.807, 2.05) is 65.2 Å². The van der Waals surface area contributed by atoms with Crippen molar-refractivity contribution in [3.8, 4) is 0 Å². The molecule has 0 fully saturated rings. The summed E-state index contributed by atoms with van der Waals surface area (Å²) in [5.74, 6) is -0.154. The molecule has 218 valence electrons. The van der Waals surface area contributed by atoms with Gasteiger partial charge in [-0.2, -0.15) is 0 Å². The highest BCUT2D eigenvalue weighted by Crippen LogP contribution is 2.40. The van der Waals surface area contributed by atoms with Gasteiger partial charge in [-0.05, 0) is 49.8 Å². The molecule has 2 heterocycles. The van der Waals surface area contributed by atoms with Crippen molar-refractivity contribution in [2.24, 2.45) is 0 Å². The Labute approximate surface area is 253 Å². The van der Waals surface area contributed by atoms with E-state index >= 15 is 0 Å². The van der Waals surface area contributed by atoms with Crippen LogP contribution < -0.4 is 10.6 Å². The number of rotatable bonds is 12. The molecule has 1 unspecified atom stereocenters. The number of benzene rings is 2. The van der Waals surface area contributed by atoms with E-state index in [1.165, 1.54) is 23.1 Å². The molecule has 1 atom stereocenters. The van der Waals surface area contributed by atoms with Crippen LogP contribution in [0.1, 0.15) is 58.0 Å². The largest absolute Gasteiger partial charge is 0.462 e. The van der Waals surface area contributed by atoms with Gasteiger partial charge in [0.25, 0.3) is 0 Å². The second-order valence-electron chi connectivity index (χ2n) is 9.94. The number of nitrogens with one attached hydrogen (secondary N) is 2. The lowest BCUT2D eigenvalue weighted by Gasteiger charge is -2.14. The van der Waals surface area contributed by atoms with Crippen molar-refractivity contribution < 1.29 is 19.1 Å². The van der Waals surface area contributed by atoms with Gasteiger partial charge >= 0.3 is 5.97 Å². The number of ether oxygens (including phenoxy) is 1. The van der Waals surface area contributed by atoms with E-state index in [-0.39, 0.29) is 31.4 Å². The summed E-state index contributed by atoms with van der Waals surface area (Å²) in [6.07, 6.45) is 2.99. The lowest BCUT2D eigenvalue weighted by Crippen LogP contribution is -2.27. The fourth-order valence-corrected chi connectivity index (χ4v) is 6.97. The van der Waals surface area contributed by atoms with E-state index < -0.39 is 11.2 Å². The summed E-state index contributed by atoms with van der Waals surface area (Å²) in [6, 6.07) is 19.5. The zero-order valence-corrected chi connectivity index (χ0v) is 25.2. The summed E-state index contributed by atoms with van der Waals surface area (Å²) in [5, 5.41) is 15.3. The van der Waals surface area contributed by atoms with Gasteiger partial charge < -0.3 is 19.9 Å². The van der Waals surface area contributed by atoms with E-state index in [9.17, 15) is 14.4 Å². The lowest BCUT2D eigenvalue weighted by molar-refractivity contribution is -0.120. The predicted molar refractivity (Wildman–Crippen MR) is 164 cm³/mol. The van der Waals surface area contributed by atoms with Gasteiger partial charge in [0.2, 0.25) is 11.8 Å². The highest BCUT2D eigenvalue weighted by atomic mass is 32.2. The number of carbonyl (C=O) groups excluding carboxylic acids is 3. The standard InChI is InChI=1S/C31H33N5O4S2/c1-3-40-30(39)27-23-15-10-16-24(23)42-29(27)33-28(38)20(2)41-31-35-34-25(36(31)19-22-13-8-5-9-14-22)18-32-26(37)17-21-11-6-4-7-12-21/h4-9,11-14,20H,3,10,15-19H2,1-2H3,(H,32,37)(H,33,38). The predicted octanol–water partition coefficient (Wildman–Crippen LogP) is 5.03. The van der Waals surface area contributed by atoms with Gasteiger partial charge in [-0.3, -0.25) is 9.59 Å². The first-order chi connectivity index (χ1) is 20.4. The Morgan fingerprint density at radius 1 is 1.02 bits per heavy atom. The third-order valence-corrected chi connectivity index (χ3v) is 9.20. The van der Waals surface area contributed by atoms with Crippen LogP contribution in [0.5, 0.6) is 0 Å². The van der Waals surface area contributed by atoms with Crippen LogP contribution in [0.4, 0.5) is 5.00 Å². The molecule has 2 aromatic heterocycles. The molecule has 42 heavy (non-hydrogen) atoms. The number of aromatic nitrogens is 3. The number of anilines is 1. The average Bonchev–Trinajstić information content (AvgIpc) is 3.68. The number of hydrogen-bond donors (Lipinski definition) is 2. The zero-order valence-electron chi connectivity index (χ0n) is 23.6. The fraction of sp³-hybridized carbons (Fsp3) is 0.323. The number of thioether (sulfide) groups is 1. The lowest BCUT2D eigenvalue weighted by atomic mass is 10.1. The zero-order chi connectivity index (χ0) is 29.5. The molecule has 2 amide bonds. The minimum Gasteiger partial charge on any atom is -0.462 e. The van der Waals surface area contributed by atoms with Crippen molar-refractivity contribution >= 4 is 45.9 Å². The number of hydrogen-bond acceptors (Lipinski definition) is 8. The SMILES string of the molecule is CCOC(=O)c1c(NC(=O)C(C)Sc2nnc(CNC(=O)Cc3ccccc3)n2Cc2ccccc2)sc2c1CCC2. The summed E-state index contributed by atoms with van der Waals surface area (Å²) in [7, 11) is 0. The normalized spacial score (nSPS) is 12.9. The number of esters is 1.